The van der Waals surface area contributed by atoms with Gasteiger partial charge in [-0.2, -0.15) is 0 Å². The summed E-state index contributed by atoms with van der Waals surface area (Å²) in [6, 6.07) is 13.1. The van der Waals surface area contributed by atoms with Crippen LogP contribution >= 0.6 is 35.6 Å². The Kier molecular flexibility index (Phi) is 6.99. The van der Waals surface area contributed by atoms with Crippen LogP contribution in [0.1, 0.15) is 25.0 Å². The number of halogens is 1. The Bertz CT molecular complexity index is 912. The molecule has 0 spiro atoms. The molecule has 0 saturated carbocycles. The minimum atomic E-state index is -0.0569. The highest BCUT2D eigenvalue weighted by atomic mass is 35.5. The molecule has 1 amide bonds. The summed E-state index contributed by atoms with van der Waals surface area (Å²) < 4.78 is 12.2. The van der Waals surface area contributed by atoms with Crippen molar-refractivity contribution < 1.29 is 14.3 Å². The molecule has 0 atom stereocenters. The summed E-state index contributed by atoms with van der Waals surface area (Å²) in [4.78, 5) is 14.6. The fourth-order valence-electron chi connectivity index (χ4n) is 2.67. The number of ether oxygens (including phenoxy) is 2. The van der Waals surface area contributed by atoms with Crippen molar-refractivity contribution in [3.8, 4) is 11.5 Å². The first-order chi connectivity index (χ1) is 13.5. The smallest absolute Gasteiger partial charge is 0.266 e. The Morgan fingerprint density at radius 1 is 1.11 bits per heavy atom. The minimum absolute atomic E-state index is 0.0569. The first-order valence-corrected chi connectivity index (χ1v) is 10.5. The SMILES string of the molecule is CCOc1cc(C=C2SC(=S)N(CC)C2=O)ccc1OCc1ccc(Cl)cc1. The van der Waals surface area contributed by atoms with Crippen LogP contribution in [0, 0.1) is 0 Å². The van der Waals surface area contributed by atoms with Crippen molar-refractivity contribution in [3.63, 3.8) is 0 Å². The van der Waals surface area contributed by atoms with E-state index >= 15 is 0 Å². The Labute approximate surface area is 179 Å². The van der Waals surface area contributed by atoms with E-state index in [-0.39, 0.29) is 5.91 Å². The minimum Gasteiger partial charge on any atom is -0.490 e. The van der Waals surface area contributed by atoms with Crippen molar-refractivity contribution in [3.05, 3.63) is 63.5 Å². The van der Waals surface area contributed by atoms with E-state index in [4.69, 9.17) is 33.3 Å². The highest BCUT2D eigenvalue weighted by molar-refractivity contribution is 8.26. The molecule has 0 radical (unpaired) electrons. The van der Waals surface area contributed by atoms with Crippen LogP contribution in [-0.2, 0) is 11.4 Å². The van der Waals surface area contributed by atoms with Gasteiger partial charge in [0.05, 0.1) is 11.5 Å². The molecule has 7 heteroatoms. The van der Waals surface area contributed by atoms with Gasteiger partial charge in [-0.3, -0.25) is 9.69 Å². The lowest BCUT2D eigenvalue weighted by molar-refractivity contribution is -0.121. The number of likely N-dealkylation sites (N-methyl/N-ethyl adjacent to an activating group) is 1. The standard InChI is InChI=1S/C21H20ClNO3S2/c1-3-23-20(24)19(28-21(23)27)12-15-7-10-17(18(11-15)25-4-2)26-13-14-5-8-16(22)9-6-14/h5-12H,3-4,13H2,1-2H3. The van der Waals surface area contributed by atoms with E-state index in [1.807, 2.05) is 62.4 Å². The average Bonchev–Trinajstić information content (AvgIpc) is 2.95. The first-order valence-electron chi connectivity index (χ1n) is 8.91. The van der Waals surface area contributed by atoms with Crippen molar-refractivity contribution >= 4 is 51.9 Å². The molecule has 2 aromatic rings. The number of rotatable bonds is 7. The van der Waals surface area contributed by atoms with Crippen LogP contribution in [0.25, 0.3) is 6.08 Å². The maximum absolute atomic E-state index is 12.4. The van der Waals surface area contributed by atoms with Crippen molar-refractivity contribution in [2.45, 2.75) is 20.5 Å². The molecule has 1 fully saturated rings. The summed E-state index contributed by atoms with van der Waals surface area (Å²) in [5.74, 6) is 1.23. The van der Waals surface area contributed by atoms with Gasteiger partial charge in [0.2, 0.25) is 0 Å². The Hall–Kier alpha value is -2.02. The zero-order valence-electron chi connectivity index (χ0n) is 15.6. The van der Waals surface area contributed by atoms with Crippen LogP contribution in [-0.4, -0.2) is 28.3 Å². The van der Waals surface area contributed by atoms with E-state index in [1.54, 1.807) is 4.90 Å². The highest BCUT2D eigenvalue weighted by Crippen LogP contribution is 2.35. The zero-order chi connectivity index (χ0) is 20.1. The molecule has 3 rings (SSSR count). The molecule has 0 unspecified atom stereocenters. The lowest BCUT2D eigenvalue weighted by Gasteiger charge is -2.13. The number of carbonyl (C=O) groups excluding carboxylic acids is 1. The van der Waals surface area contributed by atoms with Crippen LogP contribution in [0.3, 0.4) is 0 Å². The number of thiocarbonyl (C=S) groups is 1. The van der Waals surface area contributed by atoms with Crippen molar-refractivity contribution in [2.75, 3.05) is 13.2 Å². The maximum atomic E-state index is 12.4. The van der Waals surface area contributed by atoms with Gasteiger partial charge in [-0.15, -0.1) is 0 Å². The van der Waals surface area contributed by atoms with Crippen LogP contribution in [0.2, 0.25) is 5.02 Å². The topological polar surface area (TPSA) is 38.8 Å². The van der Waals surface area contributed by atoms with E-state index < -0.39 is 0 Å². The Morgan fingerprint density at radius 2 is 1.86 bits per heavy atom. The number of thioether (sulfide) groups is 1. The third kappa shape index (κ3) is 4.87. The average molecular weight is 434 g/mol. The molecule has 1 aliphatic rings. The second-order valence-corrected chi connectivity index (χ2v) is 8.09. The number of nitrogens with zero attached hydrogens (tertiary/aromatic N) is 1. The van der Waals surface area contributed by atoms with Gasteiger partial charge in [-0.05, 0) is 55.3 Å². The highest BCUT2D eigenvalue weighted by Gasteiger charge is 2.30. The number of hydrogen-bond donors (Lipinski definition) is 0. The summed E-state index contributed by atoms with van der Waals surface area (Å²) >= 11 is 12.5. The summed E-state index contributed by atoms with van der Waals surface area (Å²) in [5.41, 5.74) is 1.87. The third-order valence-electron chi connectivity index (χ3n) is 4.06. The second-order valence-electron chi connectivity index (χ2n) is 5.98. The van der Waals surface area contributed by atoms with E-state index in [0.717, 1.165) is 11.1 Å². The monoisotopic (exact) mass is 433 g/mol. The van der Waals surface area contributed by atoms with Crippen LogP contribution in [0.4, 0.5) is 0 Å². The van der Waals surface area contributed by atoms with E-state index in [0.29, 0.717) is 45.5 Å². The normalized spacial score (nSPS) is 15.4. The summed E-state index contributed by atoms with van der Waals surface area (Å²) in [6.45, 7) is 5.32. The molecule has 146 valence electrons. The van der Waals surface area contributed by atoms with Crippen molar-refractivity contribution in [1.82, 2.24) is 4.90 Å². The molecule has 1 aliphatic heterocycles. The number of carbonyl (C=O) groups is 1. The van der Waals surface area contributed by atoms with E-state index in [1.165, 1.54) is 11.8 Å². The second kappa shape index (κ2) is 9.45. The number of benzene rings is 2. The summed E-state index contributed by atoms with van der Waals surface area (Å²) in [6.07, 6.45) is 1.83. The van der Waals surface area contributed by atoms with Gasteiger partial charge in [0, 0.05) is 11.6 Å². The van der Waals surface area contributed by atoms with E-state index in [9.17, 15) is 4.79 Å². The van der Waals surface area contributed by atoms with Gasteiger partial charge in [0.25, 0.3) is 5.91 Å². The first kappa shape index (κ1) is 20.7. The lowest BCUT2D eigenvalue weighted by atomic mass is 10.1. The summed E-state index contributed by atoms with van der Waals surface area (Å²) in [5, 5.41) is 0.691. The number of hydrogen-bond acceptors (Lipinski definition) is 5. The van der Waals surface area contributed by atoms with Crippen LogP contribution in [0.5, 0.6) is 11.5 Å². The molecule has 28 heavy (non-hydrogen) atoms. The quantitative estimate of drug-likeness (QED) is 0.423. The molecule has 0 aliphatic carbocycles. The number of amides is 1. The Morgan fingerprint density at radius 3 is 2.50 bits per heavy atom. The maximum Gasteiger partial charge on any atom is 0.266 e. The van der Waals surface area contributed by atoms with Gasteiger partial charge < -0.3 is 9.47 Å². The largest absolute Gasteiger partial charge is 0.490 e. The molecule has 2 aromatic carbocycles. The van der Waals surface area contributed by atoms with E-state index in [2.05, 4.69) is 0 Å². The fourth-order valence-corrected chi connectivity index (χ4v) is 4.18. The van der Waals surface area contributed by atoms with Crippen molar-refractivity contribution in [2.24, 2.45) is 0 Å². The zero-order valence-corrected chi connectivity index (χ0v) is 18.0. The molecular formula is C21H20ClNO3S2. The molecular weight excluding hydrogens is 414 g/mol. The molecule has 0 N–H and O–H groups in total. The third-order valence-corrected chi connectivity index (χ3v) is 5.69. The van der Waals surface area contributed by atoms with Gasteiger partial charge in [-0.25, -0.2) is 0 Å². The lowest BCUT2D eigenvalue weighted by Crippen LogP contribution is -2.27. The summed E-state index contributed by atoms with van der Waals surface area (Å²) in [7, 11) is 0. The molecule has 0 bridgehead atoms. The molecule has 1 saturated heterocycles. The predicted molar refractivity (Wildman–Crippen MR) is 119 cm³/mol. The molecule has 4 nitrogen and oxygen atoms in total. The molecule has 1 heterocycles. The van der Waals surface area contributed by atoms with Crippen LogP contribution in [0.15, 0.2) is 47.4 Å². The van der Waals surface area contributed by atoms with Gasteiger partial charge in [0.15, 0.2) is 11.5 Å². The molecule has 0 aromatic heterocycles. The van der Waals surface area contributed by atoms with Gasteiger partial charge >= 0.3 is 0 Å². The predicted octanol–water partition coefficient (Wildman–Crippen LogP) is 5.54. The van der Waals surface area contributed by atoms with Crippen LogP contribution < -0.4 is 9.47 Å². The van der Waals surface area contributed by atoms with Crippen molar-refractivity contribution in [1.29, 1.82) is 0 Å². The van der Waals surface area contributed by atoms with Gasteiger partial charge in [-0.1, -0.05) is 53.8 Å². The fraction of sp³-hybridized carbons (Fsp3) is 0.238. The van der Waals surface area contributed by atoms with Gasteiger partial charge in [0.1, 0.15) is 10.9 Å². The Balaban J connectivity index is 1.79.